The van der Waals surface area contributed by atoms with Crippen LogP contribution in [0.25, 0.3) is 0 Å². The fraction of sp³-hybridized carbons (Fsp3) is 0.190. The molecule has 4 nitrogen and oxygen atoms in total. The van der Waals surface area contributed by atoms with E-state index in [1.54, 1.807) is 11.3 Å². The highest BCUT2D eigenvalue weighted by Gasteiger charge is 2.21. The van der Waals surface area contributed by atoms with E-state index in [2.05, 4.69) is 16.7 Å². The van der Waals surface area contributed by atoms with Gasteiger partial charge in [-0.15, -0.1) is 11.3 Å². The predicted octanol–water partition coefficient (Wildman–Crippen LogP) is 4.62. The Balaban J connectivity index is 1.78. The van der Waals surface area contributed by atoms with Gasteiger partial charge in [-0.3, -0.25) is 10.1 Å². The van der Waals surface area contributed by atoms with E-state index < -0.39 is 6.04 Å². The van der Waals surface area contributed by atoms with Crippen molar-refractivity contribution in [1.82, 2.24) is 5.32 Å². The number of hydrogen-bond donors (Lipinski definition) is 2. The summed E-state index contributed by atoms with van der Waals surface area (Å²) < 4.78 is 5.61. The van der Waals surface area contributed by atoms with Crippen LogP contribution in [0.15, 0.2) is 72.1 Å². The van der Waals surface area contributed by atoms with Crippen molar-refractivity contribution in [2.75, 3.05) is 11.9 Å². The lowest BCUT2D eigenvalue weighted by Crippen LogP contribution is -2.32. The monoisotopic (exact) mass is 366 g/mol. The van der Waals surface area contributed by atoms with Gasteiger partial charge in [0.2, 0.25) is 5.91 Å². The third-order valence-electron chi connectivity index (χ3n) is 3.90. The Kier molecular flexibility index (Phi) is 6.41. The molecule has 3 rings (SSSR count). The molecule has 1 amide bonds. The molecule has 5 heteroatoms. The quantitative estimate of drug-likeness (QED) is 0.612. The topological polar surface area (TPSA) is 50.4 Å². The lowest BCUT2D eigenvalue weighted by Gasteiger charge is -2.20. The van der Waals surface area contributed by atoms with E-state index in [4.69, 9.17) is 4.74 Å². The van der Waals surface area contributed by atoms with Crippen LogP contribution < -0.4 is 15.4 Å². The Bertz CT molecular complexity index is 819. The third-order valence-corrected chi connectivity index (χ3v) is 4.78. The standard InChI is InChI=1S/C21H22N2O2S/c1-2-25-19-13-7-6-12-18(19)23-21(24)20(16-9-4-3-5-10-16)22-15-17-11-8-14-26-17/h3-14,20,22H,2,15H2,1H3,(H,23,24). The maximum Gasteiger partial charge on any atom is 0.246 e. The van der Waals surface area contributed by atoms with Gasteiger partial charge in [0.25, 0.3) is 0 Å². The minimum Gasteiger partial charge on any atom is -0.492 e. The van der Waals surface area contributed by atoms with Crippen LogP contribution in [0, 0.1) is 0 Å². The van der Waals surface area contributed by atoms with Crippen molar-refractivity contribution in [3.05, 3.63) is 82.6 Å². The van der Waals surface area contributed by atoms with Gasteiger partial charge < -0.3 is 10.1 Å². The number of carbonyl (C=O) groups excluding carboxylic acids is 1. The predicted molar refractivity (Wildman–Crippen MR) is 107 cm³/mol. The second-order valence-corrected chi connectivity index (χ2v) is 6.75. The van der Waals surface area contributed by atoms with Gasteiger partial charge in [0, 0.05) is 11.4 Å². The van der Waals surface area contributed by atoms with E-state index >= 15 is 0 Å². The highest BCUT2D eigenvalue weighted by molar-refractivity contribution is 7.09. The van der Waals surface area contributed by atoms with E-state index in [0.29, 0.717) is 24.6 Å². The number of benzene rings is 2. The number of anilines is 1. The SMILES string of the molecule is CCOc1ccccc1NC(=O)C(NCc1cccs1)c1ccccc1. The number of ether oxygens (including phenoxy) is 1. The molecule has 0 spiro atoms. The van der Waals surface area contributed by atoms with E-state index in [9.17, 15) is 4.79 Å². The fourth-order valence-corrected chi connectivity index (χ4v) is 3.34. The van der Waals surface area contributed by atoms with Crippen molar-refractivity contribution < 1.29 is 9.53 Å². The van der Waals surface area contributed by atoms with Crippen LogP contribution in [-0.4, -0.2) is 12.5 Å². The van der Waals surface area contributed by atoms with Crippen LogP contribution >= 0.6 is 11.3 Å². The number of carbonyl (C=O) groups is 1. The number of para-hydroxylation sites is 2. The van der Waals surface area contributed by atoms with Crippen molar-refractivity contribution in [3.8, 4) is 5.75 Å². The van der Waals surface area contributed by atoms with E-state index in [1.165, 1.54) is 4.88 Å². The number of amides is 1. The molecule has 0 fully saturated rings. The van der Waals surface area contributed by atoms with Gasteiger partial charge in [-0.25, -0.2) is 0 Å². The summed E-state index contributed by atoms with van der Waals surface area (Å²) in [5.74, 6) is 0.563. The van der Waals surface area contributed by atoms with Crippen molar-refractivity contribution in [2.24, 2.45) is 0 Å². The average molecular weight is 366 g/mol. The highest BCUT2D eigenvalue weighted by atomic mass is 32.1. The first-order valence-corrected chi connectivity index (χ1v) is 9.49. The summed E-state index contributed by atoms with van der Waals surface area (Å²) in [6.07, 6.45) is 0. The lowest BCUT2D eigenvalue weighted by atomic mass is 10.1. The van der Waals surface area contributed by atoms with Gasteiger partial charge in [-0.05, 0) is 36.1 Å². The maximum atomic E-state index is 13.0. The molecule has 1 atom stereocenters. The summed E-state index contributed by atoms with van der Waals surface area (Å²) in [4.78, 5) is 14.2. The Morgan fingerprint density at radius 1 is 1.04 bits per heavy atom. The summed E-state index contributed by atoms with van der Waals surface area (Å²) in [6, 6.07) is 20.8. The molecule has 0 radical (unpaired) electrons. The number of hydrogen-bond acceptors (Lipinski definition) is 4. The first kappa shape index (κ1) is 18.2. The van der Waals surface area contributed by atoms with Crippen LogP contribution in [0.3, 0.4) is 0 Å². The van der Waals surface area contributed by atoms with Crippen LogP contribution in [0.2, 0.25) is 0 Å². The lowest BCUT2D eigenvalue weighted by molar-refractivity contribution is -0.118. The molecule has 0 aliphatic heterocycles. The summed E-state index contributed by atoms with van der Waals surface area (Å²) in [5.41, 5.74) is 1.61. The molecule has 1 aromatic heterocycles. The van der Waals surface area contributed by atoms with Crippen molar-refractivity contribution in [1.29, 1.82) is 0 Å². The molecule has 0 saturated heterocycles. The molecule has 1 unspecified atom stereocenters. The normalized spacial score (nSPS) is 11.7. The molecule has 2 aromatic carbocycles. The molecule has 3 aromatic rings. The number of thiophene rings is 1. The van der Waals surface area contributed by atoms with Crippen molar-refractivity contribution in [3.63, 3.8) is 0 Å². The van der Waals surface area contributed by atoms with Crippen LogP contribution in [-0.2, 0) is 11.3 Å². The van der Waals surface area contributed by atoms with Crippen LogP contribution in [0.1, 0.15) is 23.4 Å². The minimum atomic E-state index is -0.451. The Morgan fingerprint density at radius 2 is 1.81 bits per heavy atom. The number of nitrogens with one attached hydrogen (secondary N) is 2. The zero-order chi connectivity index (χ0) is 18.2. The summed E-state index contributed by atoms with van der Waals surface area (Å²) in [7, 11) is 0. The zero-order valence-corrected chi connectivity index (χ0v) is 15.5. The molecule has 1 heterocycles. The molecule has 0 bridgehead atoms. The van der Waals surface area contributed by atoms with Crippen LogP contribution in [0.4, 0.5) is 5.69 Å². The molecule has 26 heavy (non-hydrogen) atoms. The van der Waals surface area contributed by atoms with E-state index in [1.807, 2.05) is 73.0 Å². The second-order valence-electron chi connectivity index (χ2n) is 5.72. The smallest absolute Gasteiger partial charge is 0.246 e. The van der Waals surface area contributed by atoms with Gasteiger partial charge >= 0.3 is 0 Å². The van der Waals surface area contributed by atoms with Gasteiger partial charge in [0.15, 0.2) is 0 Å². The molecular formula is C21H22N2O2S. The second kappa shape index (κ2) is 9.17. The first-order chi connectivity index (χ1) is 12.8. The Hall–Kier alpha value is -2.63. The van der Waals surface area contributed by atoms with Gasteiger partial charge in [-0.1, -0.05) is 48.5 Å². The summed E-state index contributed by atoms with van der Waals surface area (Å²) in [6.45, 7) is 3.11. The van der Waals surface area contributed by atoms with Gasteiger partial charge in [0.05, 0.1) is 12.3 Å². The Labute approximate surface area is 157 Å². The van der Waals surface area contributed by atoms with Crippen LogP contribution in [0.5, 0.6) is 5.75 Å². The van der Waals surface area contributed by atoms with Gasteiger partial charge in [-0.2, -0.15) is 0 Å². The summed E-state index contributed by atoms with van der Waals surface area (Å²) >= 11 is 1.67. The molecule has 0 aliphatic rings. The maximum absolute atomic E-state index is 13.0. The minimum absolute atomic E-state index is 0.111. The molecule has 0 aliphatic carbocycles. The average Bonchev–Trinajstić information content (AvgIpc) is 3.18. The fourth-order valence-electron chi connectivity index (χ4n) is 2.68. The number of rotatable bonds is 8. The molecular weight excluding hydrogens is 344 g/mol. The highest BCUT2D eigenvalue weighted by Crippen LogP contribution is 2.25. The Morgan fingerprint density at radius 3 is 2.54 bits per heavy atom. The van der Waals surface area contributed by atoms with E-state index in [0.717, 1.165) is 5.56 Å². The molecule has 0 saturated carbocycles. The zero-order valence-electron chi connectivity index (χ0n) is 14.6. The third kappa shape index (κ3) is 4.71. The largest absolute Gasteiger partial charge is 0.492 e. The van der Waals surface area contributed by atoms with E-state index in [-0.39, 0.29) is 5.91 Å². The molecule has 2 N–H and O–H groups in total. The van der Waals surface area contributed by atoms with Crippen molar-refractivity contribution >= 4 is 22.9 Å². The summed E-state index contributed by atoms with van der Waals surface area (Å²) in [5, 5.41) is 8.40. The van der Waals surface area contributed by atoms with Gasteiger partial charge in [0.1, 0.15) is 11.8 Å². The van der Waals surface area contributed by atoms with Crippen molar-refractivity contribution in [2.45, 2.75) is 19.5 Å². The molecule has 134 valence electrons. The first-order valence-electron chi connectivity index (χ1n) is 8.61.